The smallest absolute Gasteiger partial charge is 0.135 e. The normalized spacial score (nSPS) is 11.7. The predicted octanol–water partition coefficient (Wildman–Crippen LogP) is 16.2. The van der Waals surface area contributed by atoms with Gasteiger partial charge in [0.25, 0.3) is 0 Å². The standard InChI is InChI=1S/C50H80N2.Ni/c1-7-13-19-21-22-23-24-30-36-50(52-48-41-45(33-27-17-11-5)38-46(42-48)34-28-18-12-6)49(35-29-20-14-8-2)51-47-39-43(31-25-15-9-3)37-44(40-47)32-26-16-10-4;/h37-42H,7-29,31-35H2,1-6H3;/b51-49+,52-50+;. The van der Waals surface area contributed by atoms with Gasteiger partial charge in [-0.2, -0.15) is 0 Å². The van der Waals surface area contributed by atoms with Gasteiger partial charge in [0.2, 0.25) is 0 Å². The number of aryl methyl sites for hydroxylation is 4. The maximum Gasteiger partial charge on any atom is 0.135 e. The summed E-state index contributed by atoms with van der Waals surface area (Å²) in [5.41, 5.74) is 9.89. The van der Waals surface area contributed by atoms with Crippen LogP contribution in [0, 0.1) is 11.8 Å². The molecule has 0 saturated heterocycles. The monoisotopic (exact) mass is 767 g/mol. The first-order valence-corrected chi connectivity index (χ1v) is 22.5. The largest absolute Gasteiger partial charge is 0.250 e. The van der Waals surface area contributed by atoms with Crippen LogP contribution in [0.2, 0.25) is 0 Å². The summed E-state index contributed by atoms with van der Waals surface area (Å²) in [5, 5.41) is 0. The molecule has 3 heteroatoms. The molecule has 0 bridgehead atoms. The molecule has 0 unspecified atom stereocenters. The van der Waals surface area contributed by atoms with Gasteiger partial charge in [0.05, 0.1) is 17.1 Å². The Bertz CT molecular complexity index is 1270. The summed E-state index contributed by atoms with van der Waals surface area (Å²) in [5.74, 6) is 7.26. The van der Waals surface area contributed by atoms with Gasteiger partial charge in [0.15, 0.2) is 0 Å². The predicted molar refractivity (Wildman–Crippen MR) is 235 cm³/mol. The zero-order valence-electron chi connectivity index (χ0n) is 35.5. The molecule has 0 atom stereocenters. The molecule has 0 saturated carbocycles. The zero-order valence-corrected chi connectivity index (χ0v) is 36.5. The van der Waals surface area contributed by atoms with Gasteiger partial charge in [0.1, 0.15) is 5.71 Å². The molecule has 53 heavy (non-hydrogen) atoms. The van der Waals surface area contributed by atoms with E-state index in [1.165, 1.54) is 157 Å². The third-order valence-electron chi connectivity index (χ3n) is 10.3. The van der Waals surface area contributed by atoms with Crippen LogP contribution in [-0.2, 0) is 42.2 Å². The molecule has 0 fully saturated rings. The topological polar surface area (TPSA) is 24.7 Å². The Morgan fingerprint density at radius 3 is 1.21 bits per heavy atom. The van der Waals surface area contributed by atoms with Crippen LogP contribution in [0.15, 0.2) is 46.4 Å². The number of benzene rings is 2. The first-order chi connectivity index (χ1) is 25.6. The fourth-order valence-electron chi connectivity index (χ4n) is 7.04. The van der Waals surface area contributed by atoms with Crippen LogP contribution in [0.4, 0.5) is 11.4 Å². The molecule has 300 valence electrons. The molecule has 0 spiro atoms. The molecule has 0 radical (unpaired) electrons. The second-order valence-electron chi connectivity index (χ2n) is 15.5. The summed E-state index contributed by atoms with van der Waals surface area (Å²) in [6, 6.07) is 14.4. The van der Waals surface area contributed by atoms with Gasteiger partial charge >= 0.3 is 0 Å². The van der Waals surface area contributed by atoms with E-state index in [-0.39, 0.29) is 16.5 Å². The fourth-order valence-corrected chi connectivity index (χ4v) is 7.04. The minimum Gasteiger partial charge on any atom is -0.250 e. The van der Waals surface area contributed by atoms with Crippen LogP contribution in [0.3, 0.4) is 0 Å². The molecular weight excluding hydrogens is 687 g/mol. The Morgan fingerprint density at radius 2 is 0.774 bits per heavy atom. The number of unbranched alkanes of at least 4 members (excludes halogenated alkanes) is 17. The van der Waals surface area contributed by atoms with Crippen molar-refractivity contribution in [3.05, 3.63) is 58.7 Å². The fraction of sp³-hybridized carbons (Fsp3) is 0.680. The van der Waals surface area contributed by atoms with E-state index in [2.05, 4.69) is 89.8 Å². The molecule has 2 rings (SSSR count). The molecule has 0 amide bonds. The van der Waals surface area contributed by atoms with Gasteiger partial charge in [0, 0.05) is 22.9 Å². The molecule has 2 aromatic carbocycles. The number of nitrogens with zero attached hydrogens (tertiary/aromatic N) is 2. The van der Waals surface area contributed by atoms with E-state index in [9.17, 15) is 0 Å². The third kappa shape index (κ3) is 23.4. The van der Waals surface area contributed by atoms with Crippen molar-refractivity contribution < 1.29 is 16.5 Å². The Kier molecular flexibility index (Phi) is 30.6. The number of hydrogen-bond acceptors (Lipinski definition) is 2. The number of hydrogen-bond donors (Lipinski definition) is 0. The molecule has 0 aromatic heterocycles. The zero-order chi connectivity index (χ0) is 37.5. The summed E-state index contributed by atoms with van der Waals surface area (Å²) in [7, 11) is 0. The van der Waals surface area contributed by atoms with E-state index in [4.69, 9.17) is 9.98 Å². The number of aliphatic imine (C=N–C) groups is 2. The Hall–Kier alpha value is -2.17. The van der Waals surface area contributed by atoms with Crippen molar-refractivity contribution in [3.8, 4) is 11.8 Å². The Labute approximate surface area is 339 Å². The van der Waals surface area contributed by atoms with Crippen LogP contribution in [0.1, 0.15) is 218 Å². The molecule has 0 aliphatic carbocycles. The van der Waals surface area contributed by atoms with Crippen molar-refractivity contribution in [1.29, 1.82) is 0 Å². The second kappa shape index (κ2) is 33.2. The van der Waals surface area contributed by atoms with Crippen LogP contribution in [0.25, 0.3) is 0 Å². The maximum atomic E-state index is 5.53. The van der Waals surface area contributed by atoms with Crippen LogP contribution in [0.5, 0.6) is 0 Å². The van der Waals surface area contributed by atoms with E-state index in [1.807, 2.05) is 0 Å². The molecule has 0 N–H and O–H groups in total. The molecule has 2 nitrogen and oxygen atoms in total. The molecule has 0 aliphatic rings. The van der Waals surface area contributed by atoms with Gasteiger partial charge in [-0.1, -0.05) is 162 Å². The minimum atomic E-state index is 0. The summed E-state index contributed by atoms with van der Waals surface area (Å²) in [6.45, 7) is 13.8. The van der Waals surface area contributed by atoms with Crippen molar-refractivity contribution in [2.75, 3.05) is 0 Å². The van der Waals surface area contributed by atoms with Crippen molar-refractivity contribution in [3.63, 3.8) is 0 Å². The number of rotatable bonds is 30. The van der Waals surface area contributed by atoms with Crippen LogP contribution in [-0.4, -0.2) is 11.4 Å². The van der Waals surface area contributed by atoms with Gasteiger partial charge in [-0.25, -0.2) is 4.99 Å². The van der Waals surface area contributed by atoms with E-state index < -0.39 is 0 Å². The van der Waals surface area contributed by atoms with E-state index >= 15 is 0 Å². The minimum absolute atomic E-state index is 0. The summed E-state index contributed by atoms with van der Waals surface area (Å²) in [4.78, 5) is 11.0. The van der Waals surface area contributed by atoms with Gasteiger partial charge < -0.3 is 0 Å². The molecular formula is C50H80N2Ni. The second-order valence-corrected chi connectivity index (χ2v) is 15.5. The SMILES string of the molecule is CCCCCCCCC#CC(=N\c1cc(CCCCC)cc(CCCCC)c1)/C(CCCCCC)=N/c1cc(CCCCC)cc(CCCCC)c1.[Ni]. The van der Waals surface area contributed by atoms with Crippen LogP contribution < -0.4 is 0 Å². The summed E-state index contributed by atoms with van der Waals surface area (Å²) < 4.78 is 0. The Morgan fingerprint density at radius 1 is 0.415 bits per heavy atom. The Balaban J connectivity index is 0.0000140. The van der Waals surface area contributed by atoms with Gasteiger partial charge in [-0.15, -0.1) is 0 Å². The van der Waals surface area contributed by atoms with Crippen LogP contribution >= 0.6 is 0 Å². The first kappa shape index (κ1) is 48.9. The maximum absolute atomic E-state index is 5.53. The van der Waals surface area contributed by atoms with E-state index in [0.29, 0.717) is 0 Å². The van der Waals surface area contributed by atoms with Gasteiger partial charge in [-0.3, -0.25) is 4.99 Å². The first-order valence-electron chi connectivity index (χ1n) is 22.5. The van der Waals surface area contributed by atoms with Crippen molar-refractivity contribution in [1.82, 2.24) is 0 Å². The van der Waals surface area contributed by atoms with E-state index in [1.54, 1.807) is 0 Å². The van der Waals surface area contributed by atoms with Gasteiger partial charge in [-0.05, 0) is 123 Å². The molecule has 0 heterocycles. The third-order valence-corrected chi connectivity index (χ3v) is 10.3. The summed E-state index contributed by atoms with van der Waals surface area (Å²) in [6.07, 6.45) is 34.1. The summed E-state index contributed by atoms with van der Waals surface area (Å²) >= 11 is 0. The quantitative estimate of drug-likeness (QED) is 0.0327. The van der Waals surface area contributed by atoms with E-state index in [0.717, 1.165) is 67.7 Å². The van der Waals surface area contributed by atoms with Crippen molar-refractivity contribution in [2.24, 2.45) is 9.98 Å². The average molecular weight is 768 g/mol. The van der Waals surface area contributed by atoms with Crippen molar-refractivity contribution in [2.45, 2.75) is 221 Å². The molecule has 2 aromatic rings. The average Bonchev–Trinajstić information content (AvgIpc) is 3.14. The van der Waals surface area contributed by atoms with Crippen molar-refractivity contribution >= 4 is 22.8 Å². The molecule has 0 aliphatic heterocycles.